The van der Waals surface area contributed by atoms with E-state index in [9.17, 15) is 0 Å². The van der Waals surface area contributed by atoms with E-state index in [1.54, 1.807) is 11.3 Å². The lowest BCUT2D eigenvalue weighted by atomic mass is 10.3. The molecule has 0 fully saturated rings. The van der Waals surface area contributed by atoms with Gasteiger partial charge in [-0.15, -0.1) is 11.3 Å². The van der Waals surface area contributed by atoms with Crippen LogP contribution < -0.4 is 0 Å². The molecule has 1 aromatic rings. The molecule has 0 aromatic carbocycles. The average molecular weight is 184 g/mol. The smallest absolute Gasteiger partial charge is 0.0794 e. The van der Waals surface area contributed by atoms with E-state index >= 15 is 0 Å². The van der Waals surface area contributed by atoms with Crippen LogP contribution in [0.25, 0.3) is 0 Å². The minimum atomic E-state index is 1.15. The van der Waals surface area contributed by atoms with Gasteiger partial charge in [0.1, 0.15) is 0 Å². The highest BCUT2D eigenvalue weighted by molar-refractivity contribution is 7.09. The second-order valence-electron chi connectivity index (χ2n) is 2.74. The first-order chi connectivity index (χ1) is 5.86. The number of hydrogen-bond donors (Lipinski definition) is 0. The van der Waals surface area contributed by atoms with Crippen molar-refractivity contribution in [3.05, 3.63) is 16.6 Å². The summed E-state index contributed by atoms with van der Waals surface area (Å²) in [5, 5.41) is 0. The van der Waals surface area contributed by atoms with Crippen LogP contribution in [0.3, 0.4) is 0 Å². The largest absolute Gasteiger partial charge is 0.304 e. The van der Waals surface area contributed by atoms with Crippen LogP contribution in [-0.2, 0) is 6.42 Å². The van der Waals surface area contributed by atoms with Crippen molar-refractivity contribution >= 4 is 11.3 Å². The Morgan fingerprint density at radius 3 is 2.67 bits per heavy atom. The van der Waals surface area contributed by atoms with E-state index in [1.165, 1.54) is 4.88 Å². The Morgan fingerprint density at radius 2 is 2.17 bits per heavy atom. The summed E-state index contributed by atoms with van der Waals surface area (Å²) in [5.74, 6) is 0. The van der Waals surface area contributed by atoms with E-state index < -0.39 is 0 Å². The van der Waals surface area contributed by atoms with E-state index in [1.807, 2.05) is 11.7 Å². The Labute approximate surface area is 78.2 Å². The molecule has 0 aliphatic carbocycles. The standard InChI is InChI=1S/C9H16N2S/c1-3-11(4-2)6-5-9-7-10-8-12-9/h7-8H,3-6H2,1-2H3. The maximum absolute atomic E-state index is 4.05. The van der Waals surface area contributed by atoms with E-state index in [-0.39, 0.29) is 0 Å². The van der Waals surface area contributed by atoms with Gasteiger partial charge in [-0.1, -0.05) is 13.8 Å². The summed E-state index contributed by atoms with van der Waals surface area (Å²) in [6, 6.07) is 0. The van der Waals surface area contributed by atoms with Crippen LogP contribution in [0.1, 0.15) is 18.7 Å². The molecule has 3 heteroatoms. The highest BCUT2D eigenvalue weighted by Gasteiger charge is 2.00. The monoisotopic (exact) mass is 184 g/mol. The first kappa shape index (κ1) is 9.68. The minimum absolute atomic E-state index is 1.15. The molecule has 1 rings (SSSR count). The fourth-order valence-electron chi connectivity index (χ4n) is 1.17. The lowest BCUT2D eigenvalue weighted by Crippen LogP contribution is -2.25. The molecule has 0 radical (unpaired) electrons. The maximum atomic E-state index is 4.05. The van der Waals surface area contributed by atoms with Gasteiger partial charge >= 0.3 is 0 Å². The van der Waals surface area contributed by atoms with Gasteiger partial charge in [0.15, 0.2) is 0 Å². The Hall–Kier alpha value is -0.410. The zero-order valence-corrected chi connectivity index (χ0v) is 8.60. The van der Waals surface area contributed by atoms with Gasteiger partial charge in [0.2, 0.25) is 0 Å². The number of thiazole rings is 1. The van der Waals surface area contributed by atoms with Crippen LogP contribution in [0, 0.1) is 0 Å². The molecule has 0 aliphatic heterocycles. The molecule has 1 heterocycles. The van der Waals surface area contributed by atoms with Crippen LogP contribution >= 0.6 is 11.3 Å². The molecular formula is C9H16N2S. The van der Waals surface area contributed by atoms with Crippen molar-refractivity contribution in [3.63, 3.8) is 0 Å². The molecule has 0 saturated heterocycles. The predicted molar refractivity (Wildman–Crippen MR) is 53.6 cm³/mol. The van der Waals surface area contributed by atoms with Crippen molar-refractivity contribution in [2.45, 2.75) is 20.3 Å². The fourth-order valence-corrected chi connectivity index (χ4v) is 1.76. The quantitative estimate of drug-likeness (QED) is 0.696. The van der Waals surface area contributed by atoms with Crippen LogP contribution in [0.15, 0.2) is 11.7 Å². The molecule has 0 saturated carbocycles. The van der Waals surface area contributed by atoms with Gasteiger partial charge in [0.25, 0.3) is 0 Å². The fraction of sp³-hybridized carbons (Fsp3) is 0.667. The molecule has 0 N–H and O–H groups in total. The Bertz CT molecular complexity index is 192. The molecule has 0 spiro atoms. The molecule has 0 aliphatic rings. The lowest BCUT2D eigenvalue weighted by molar-refractivity contribution is 0.308. The van der Waals surface area contributed by atoms with E-state index in [2.05, 4.69) is 23.7 Å². The van der Waals surface area contributed by atoms with Crippen molar-refractivity contribution in [1.82, 2.24) is 9.88 Å². The van der Waals surface area contributed by atoms with Crippen molar-refractivity contribution < 1.29 is 0 Å². The van der Waals surface area contributed by atoms with Crippen LogP contribution in [-0.4, -0.2) is 29.5 Å². The molecule has 12 heavy (non-hydrogen) atoms. The van der Waals surface area contributed by atoms with Crippen molar-refractivity contribution in [3.8, 4) is 0 Å². The number of rotatable bonds is 5. The molecule has 2 nitrogen and oxygen atoms in total. The van der Waals surface area contributed by atoms with Gasteiger partial charge in [-0.05, 0) is 19.5 Å². The summed E-state index contributed by atoms with van der Waals surface area (Å²) >= 11 is 1.75. The first-order valence-electron chi connectivity index (χ1n) is 4.46. The third-order valence-electron chi connectivity index (χ3n) is 2.05. The van der Waals surface area contributed by atoms with E-state index in [4.69, 9.17) is 0 Å². The van der Waals surface area contributed by atoms with Gasteiger partial charge in [0.05, 0.1) is 5.51 Å². The summed E-state index contributed by atoms with van der Waals surface area (Å²) < 4.78 is 0. The second kappa shape index (κ2) is 5.27. The summed E-state index contributed by atoms with van der Waals surface area (Å²) in [6.45, 7) is 7.87. The van der Waals surface area contributed by atoms with Crippen LogP contribution in [0.4, 0.5) is 0 Å². The average Bonchev–Trinajstić information content (AvgIpc) is 2.59. The number of hydrogen-bond acceptors (Lipinski definition) is 3. The van der Waals surface area contributed by atoms with E-state index in [0.29, 0.717) is 0 Å². The van der Waals surface area contributed by atoms with Gasteiger partial charge in [-0.2, -0.15) is 0 Å². The summed E-state index contributed by atoms with van der Waals surface area (Å²) in [7, 11) is 0. The summed E-state index contributed by atoms with van der Waals surface area (Å²) in [5.41, 5.74) is 1.90. The summed E-state index contributed by atoms with van der Waals surface area (Å²) in [6.07, 6.45) is 3.11. The number of likely N-dealkylation sites (N-methyl/N-ethyl adjacent to an activating group) is 1. The normalized spacial score (nSPS) is 10.9. The van der Waals surface area contributed by atoms with E-state index in [0.717, 1.165) is 26.1 Å². The topological polar surface area (TPSA) is 16.1 Å². The van der Waals surface area contributed by atoms with Crippen molar-refractivity contribution in [2.75, 3.05) is 19.6 Å². The van der Waals surface area contributed by atoms with Crippen LogP contribution in [0.5, 0.6) is 0 Å². The molecule has 0 atom stereocenters. The SMILES string of the molecule is CCN(CC)CCc1cncs1. The molecule has 0 unspecified atom stereocenters. The lowest BCUT2D eigenvalue weighted by Gasteiger charge is -2.16. The second-order valence-corrected chi connectivity index (χ2v) is 3.72. The Kier molecular flexibility index (Phi) is 4.25. The zero-order chi connectivity index (χ0) is 8.81. The highest BCUT2D eigenvalue weighted by Crippen LogP contribution is 2.06. The highest BCUT2D eigenvalue weighted by atomic mass is 32.1. The third kappa shape index (κ3) is 2.91. The first-order valence-corrected chi connectivity index (χ1v) is 5.34. The van der Waals surface area contributed by atoms with Gasteiger partial charge < -0.3 is 4.90 Å². The summed E-state index contributed by atoms with van der Waals surface area (Å²) in [4.78, 5) is 7.87. The minimum Gasteiger partial charge on any atom is -0.304 e. The van der Waals surface area contributed by atoms with Crippen molar-refractivity contribution in [1.29, 1.82) is 0 Å². The van der Waals surface area contributed by atoms with Crippen LogP contribution in [0.2, 0.25) is 0 Å². The predicted octanol–water partition coefficient (Wildman–Crippen LogP) is 2.03. The molecular weight excluding hydrogens is 168 g/mol. The third-order valence-corrected chi connectivity index (χ3v) is 2.89. The Balaban J connectivity index is 2.25. The molecule has 0 bridgehead atoms. The molecule has 1 aromatic heterocycles. The van der Waals surface area contributed by atoms with Crippen molar-refractivity contribution in [2.24, 2.45) is 0 Å². The molecule has 68 valence electrons. The van der Waals surface area contributed by atoms with Gasteiger partial charge in [0, 0.05) is 17.6 Å². The van der Waals surface area contributed by atoms with Gasteiger partial charge in [-0.3, -0.25) is 4.98 Å². The van der Waals surface area contributed by atoms with Gasteiger partial charge in [-0.25, -0.2) is 0 Å². The molecule has 0 amide bonds. The number of aromatic nitrogens is 1. The number of nitrogens with zero attached hydrogens (tertiary/aromatic N) is 2. The maximum Gasteiger partial charge on any atom is 0.0794 e. The Morgan fingerprint density at radius 1 is 1.42 bits per heavy atom. The zero-order valence-electron chi connectivity index (χ0n) is 7.79.